The second-order valence-corrected chi connectivity index (χ2v) is 8.88. The number of hydrogen-bond acceptors (Lipinski definition) is 5. The van der Waals surface area contributed by atoms with Crippen molar-refractivity contribution in [2.45, 2.75) is 18.9 Å². The molecular weight excluding hydrogens is 456 g/mol. The van der Waals surface area contributed by atoms with Crippen molar-refractivity contribution >= 4 is 29.2 Å². The molecule has 2 saturated heterocycles. The fourth-order valence-electron chi connectivity index (χ4n) is 4.06. The summed E-state index contributed by atoms with van der Waals surface area (Å²) in [4.78, 5) is 20.8. The van der Waals surface area contributed by atoms with E-state index in [4.69, 9.17) is 26.1 Å². The van der Waals surface area contributed by atoms with Crippen molar-refractivity contribution in [1.82, 2.24) is 9.80 Å². The highest BCUT2D eigenvalue weighted by atomic mass is 35.5. The van der Waals surface area contributed by atoms with Crippen LogP contribution >= 0.6 is 11.6 Å². The maximum absolute atomic E-state index is 11.4. The lowest BCUT2D eigenvalue weighted by Gasteiger charge is -2.36. The molecule has 2 heterocycles. The fourth-order valence-corrected chi connectivity index (χ4v) is 4.19. The summed E-state index contributed by atoms with van der Waals surface area (Å²) >= 11 is 5.92. The third-order valence-corrected chi connectivity index (χ3v) is 6.25. The number of halogens is 1. The van der Waals surface area contributed by atoms with Crippen LogP contribution in [0.3, 0.4) is 0 Å². The number of ether oxygens (including phenoxy) is 2. The number of carboxylic acid groups (broad SMARTS) is 1. The number of guanidine groups is 1. The third kappa shape index (κ3) is 7.09. The van der Waals surface area contributed by atoms with E-state index in [1.807, 2.05) is 30.3 Å². The van der Waals surface area contributed by atoms with Gasteiger partial charge in [-0.05, 0) is 55.3 Å². The predicted octanol–water partition coefficient (Wildman–Crippen LogP) is 3.68. The van der Waals surface area contributed by atoms with Gasteiger partial charge in [-0.25, -0.2) is 4.79 Å². The summed E-state index contributed by atoms with van der Waals surface area (Å²) in [6, 6.07) is 14.2. The Morgan fingerprint density at radius 2 is 1.97 bits per heavy atom. The Balaban J connectivity index is 1.33. The van der Waals surface area contributed by atoms with Gasteiger partial charge in [-0.15, -0.1) is 0 Å². The fraction of sp³-hybridized carbons (Fsp3) is 0.440. The summed E-state index contributed by atoms with van der Waals surface area (Å²) < 4.78 is 11.6. The number of carboxylic acids is 1. The first-order valence-corrected chi connectivity index (χ1v) is 12.1. The smallest absolute Gasteiger partial charge is 0.335 e. The monoisotopic (exact) mass is 486 g/mol. The van der Waals surface area contributed by atoms with Gasteiger partial charge in [-0.3, -0.25) is 9.89 Å². The number of anilines is 1. The van der Waals surface area contributed by atoms with Crippen LogP contribution < -0.4 is 10.1 Å². The number of nitrogens with one attached hydrogen (secondary N) is 1. The molecule has 182 valence electrons. The number of carbonyl (C=O) groups is 1. The van der Waals surface area contributed by atoms with E-state index in [0.717, 1.165) is 63.9 Å². The van der Waals surface area contributed by atoms with Crippen LogP contribution in [0.5, 0.6) is 5.75 Å². The SMILES string of the molecule is O=C(O)c1cccc(NC(=NC[C@@H]2CCCO2)N2CCN(CCOc3ccc(Cl)cc3)CC2)c1. The van der Waals surface area contributed by atoms with Crippen LogP contribution in [-0.2, 0) is 4.74 Å². The first-order valence-electron chi connectivity index (χ1n) is 11.7. The standard InChI is InChI=1S/C25H31ClN4O4/c26-20-6-8-22(9-7-20)34-16-14-29-10-12-30(13-11-29)25(27-18-23-5-2-15-33-23)28-21-4-1-3-19(17-21)24(31)32/h1,3-4,6-9,17,23H,2,5,10-16,18H2,(H,27,28)(H,31,32)/t23-/m0/s1. The Morgan fingerprint density at radius 3 is 2.68 bits per heavy atom. The van der Waals surface area contributed by atoms with Gasteiger partial charge >= 0.3 is 5.97 Å². The Labute approximate surface area is 205 Å². The Hall–Kier alpha value is -2.81. The van der Waals surface area contributed by atoms with Gasteiger partial charge in [0.1, 0.15) is 12.4 Å². The molecule has 2 fully saturated rings. The number of hydrogen-bond donors (Lipinski definition) is 2. The molecule has 0 bridgehead atoms. The molecule has 8 nitrogen and oxygen atoms in total. The summed E-state index contributed by atoms with van der Waals surface area (Å²) in [5.41, 5.74) is 0.957. The molecule has 0 aliphatic carbocycles. The molecule has 0 unspecified atom stereocenters. The number of rotatable bonds is 8. The van der Waals surface area contributed by atoms with Crippen LogP contribution in [0.25, 0.3) is 0 Å². The number of benzene rings is 2. The van der Waals surface area contributed by atoms with E-state index in [2.05, 4.69) is 15.1 Å². The molecule has 2 aromatic rings. The van der Waals surface area contributed by atoms with Gasteiger partial charge in [0, 0.05) is 50.0 Å². The van der Waals surface area contributed by atoms with Gasteiger partial charge < -0.3 is 24.8 Å². The van der Waals surface area contributed by atoms with Crippen molar-refractivity contribution in [1.29, 1.82) is 0 Å². The topological polar surface area (TPSA) is 86.6 Å². The van der Waals surface area contributed by atoms with Crippen LogP contribution in [0.1, 0.15) is 23.2 Å². The van der Waals surface area contributed by atoms with E-state index in [9.17, 15) is 9.90 Å². The van der Waals surface area contributed by atoms with Crippen molar-refractivity contribution in [2.75, 3.05) is 57.8 Å². The summed E-state index contributed by atoms with van der Waals surface area (Å²) in [7, 11) is 0. The highest BCUT2D eigenvalue weighted by Gasteiger charge is 2.22. The van der Waals surface area contributed by atoms with Gasteiger partial charge in [-0.1, -0.05) is 17.7 Å². The molecule has 0 amide bonds. The molecule has 0 saturated carbocycles. The number of piperazine rings is 1. The van der Waals surface area contributed by atoms with Crippen LogP contribution in [-0.4, -0.2) is 85.4 Å². The number of aromatic carboxylic acids is 1. The minimum absolute atomic E-state index is 0.147. The molecule has 2 aliphatic heterocycles. The highest BCUT2D eigenvalue weighted by molar-refractivity contribution is 6.30. The maximum Gasteiger partial charge on any atom is 0.335 e. The molecule has 1 atom stereocenters. The molecule has 2 aromatic carbocycles. The molecule has 0 radical (unpaired) electrons. The molecule has 9 heteroatoms. The molecule has 34 heavy (non-hydrogen) atoms. The van der Waals surface area contributed by atoms with E-state index in [-0.39, 0.29) is 11.7 Å². The number of aliphatic imine (C=N–C) groups is 1. The highest BCUT2D eigenvalue weighted by Crippen LogP contribution is 2.17. The Morgan fingerprint density at radius 1 is 1.18 bits per heavy atom. The first kappa shape index (κ1) is 24.3. The average molecular weight is 487 g/mol. The van der Waals surface area contributed by atoms with Crippen molar-refractivity contribution in [3.8, 4) is 5.75 Å². The molecule has 0 spiro atoms. The van der Waals surface area contributed by atoms with Crippen molar-refractivity contribution < 1.29 is 19.4 Å². The van der Waals surface area contributed by atoms with E-state index < -0.39 is 5.97 Å². The van der Waals surface area contributed by atoms with Crippen molar-refractivity contribution in [3.63, 3.8) is 0 Å². The van der Waals surface area contributed by atoms with Gasteiger partial charge in [0.05, 0.1) is 18.2 Å². The van der Waals surface area contributed by atoms with Crippen molar-refractivity contribution in [2.24, 2.45) is 4.99 Å². The normalized spacial score (nSPS) is 19.3. The summed E-state index contributed by atoms with van der Waals surface area (Å²) in [6.45, 7) is 6.25. The third-order valence-electron chi connectivity index (χ3n) is 6.00. The lowest BCUT2D eigenvalue weighted by Crippen LogP contribution is -2.51. The second kappa shape index (κ2) is 12.1. The van der Waals surface area contributed by atoms with E-state index in [1.165, 1.54) is 0 Å². The molecule has 4 rings (SSSR count). The zero-order valence-electron chi connectivity index (χ0n) is 19.2. The quantitative estimate of drug-likeness (QED) is 0.434. The van der Waals surface area contributed by atoms with Crippen molar-refractivity contribution in [3.05, 3.63) is 59.1 Å². The van der Waals surface area contributed by atoms with Gasteiger partial charge in [0.2, 0.25) is 0 Å². The average Bonchev–Trinajstić information content (AvgIpc) is 3.37. The largest absolute Gasteiger partial charge is 0.492 e. The Bertz CT molecular complexity index is 971. The molecule has 0 aromatic heterocycles. The van der Waals surface area contributed by atoms with E-state index >= 15 is 0 Å². The summed E-state index contributed by atoms with van der Waals surface area (Å²) in [5, 5.41) is 13.4. The minimum Gasteiger partial charge on any atom is -0.492 e. The van der Waals surface area contributed by atoms with Gasteiger partial charge in [-0.2, -0.15) is 0 Å². The minimum atomic E-state index is -0.948. The van der Waals surface area contributed by atoms with Crippen LogP contribution in [0.2, 0.25) is 5.02 Å². The lowest BCUT2D eigenvalue weighted by atomic mass is 10.2. The van der Waals surface area contributed by atoms with Gasteiger partial charge in [0.25, 0.3) is 0 Å². The zero-order chi connectivity index (χ0) is 23.8. The summed E-state index contributed by atoms with van der Waals surface area (Å²) in [5.74, 6) is 0.630. The lowest BCUT2D eigenvalue weighted by molar-refractivity contribution is 0.0697. The maximum atomic E-state index is 11.4. The number of nitrogens with zero attached hydrogens (tertiary/aromatic N) is 3. The van der Waals surface area contributed by atoms with Crippen LogP contribution in [0.4, 0.5) is 5.69 Å². The predicted molar refractivity (Wildman–Crippen MR) is 133 cm³/mol. The van der Waals surface area contributed by atoms with Gasteiger partial charge in [0.15, 0.2) is 5.96 Å². The Kier molecular flexibility index (Phi) is 8.62. The second-order valence-electron chi connectivity index (χ2n) is 8.44. The van der Waals surface area contributed by atoms with Crippen LogP contribution in [0, 0.1) is 0 Å². The van der Waals surface area contributed by atoms with E-state index in [1.54, 1.807) is 18.2 Å². The van der Waals surface area contributed by atoms with Crippen LogP contribution in [0.15, 0.2) is 53.5 Å². The molecule has 2 aliphatic rings. The zero-order valence-corrected chi connectivity index (χ0v) is 19.9. The first-order chi connectivity index (χ1) is 16.6. The molecule has 2 N–H and O–H groups in total. The summed E-state index contributed by atoms with van der Waals surface area (Å²) in [6.07, 6.45) is 2.24. The van der Waals surface area contributed by atoms with E-state index in [0.29, 0.717) is 23.9 Å². The molecular formula is C25H31ClN4O4.